The lowest BCUT2D eigenvalue weighted by Gasteiger charge is -2.28. The van der Waals surface area contributed by atoms with Crippen molar-refractivity contribution in [2.75, 3.05) is 13.2 Å². The zero-order valence-corrected chi connectivity index (χ0v) is 12.2. The third-order valence-electron chi connectivity index (χ3n) is 2.51. The van der Waals surface area contributed by atoms with E-state index in [-0.39, 0.29) is 18.1 Å². The maximum absolute atomic E-state index is 9.30. The van der Waals surface area contributed by atoms with Gasteiger partial charge in [0.2, 0.25) is 0 Å². The Morgan fingerprint density at radius 1 is 1.44 bits per heavy atom. The molecule has 0 aromatic rings. The first-order chi connectivity index (χ1) is 8.36. The van der Waals surface area contributed by atoms with E-state index in [0.29, 0.717) is 18.2 Å². The second-order valence-corrected chi connectivity index (χ2v) is 5.14. The van der Waals surface area contributed by atoms with Crippen LogP contribution in [0.4, 0.5) is 0 Å². The lowest BCUT2D eigenvalue weighted by atomic mass is 9.88. The minimum atomic E-state index is -0.152. The predicted octanol–water partition coefficient (Wildman–Crippen LogP) is 1.59. The molecule has 18 heavy (non-hydrogen) atoms. The average molecular weight is 257 g/mol. The van der Waals surface area contributed by atoms with Crippen molar-refractivity contribution < 1.29 is 9.84 Å². The molecule has 0 aromatic heterocycles. The Kier molecular flexibility index (Phi) is 7.43. The van der Waals surface area contributed by atoms with Crippen LogP contribution in [0, 0.1) is 5.41 Å². The summed E-state index contributed by atoms with van der Waals surface area (Å²) in [4.78, 5) is 0. The molecule has 0 fully saturated rings. The number of hydrazone groups is 1. The van der Waals surface area contributed by atoms with Gasteiger partial charge in [0, 0.05) is 0 Å². The van der Waals surface area contributed by atoms with Crippen molar-refractivity contribution in [3.8, 4) is 0 Å². The average Bonchev–Trinajstić information content (AvgIpc) is 2.27. The summed E-state index contributed by atoms with van der Waals surface area (Å²) in [5, 5.41) is 13.4. The summed E-state index contributed by atoms with van der Waals surface area (Å²) >= 11 is 0. The van der Waals surface area contributed by atoms with E-state index in [1.54, 1.807) is 0 Å². The fourth-order valence-electron chi connectivity index (χ4n) is 1.29. The molecule has 0 aliphatic heterocycles. The fraction of sp³-hybridized carbons (Fsp3) is 0.769. The number of aliphatic hydroxyl groups excluding tert-OH is 1. The molecule has 0 spiro atoms. The first-order valence-corrected chi connectivity index (χ1v) is 6.39. The standard InChI is InChI=1S/C13H27N3O2/c1-6-8-10(18-7-2)12(14)16-15-11(9-17)13(3,4)5/h8,11,15,17H,6-7,9H2,1-5H3,(H2,14,16)/b10-8+. The van der Waals surface area contributed by atoms with E-state index in [1.807, 2.05) is 40.7 Å². The van der Waals surface area contributed by atoms with Gasteiger partial charge in [-0.3, -0.25) is 0 Å². The molecule has 0 saturated carbocycles. The Labute approximate surface area is 110 Å². The summed E-state index contributed by atoms with van der Waals surface area (Å²) < 4.78 is 5.40. The molecule has 5 nitrogen and oxygen atoms in total. The van der Waals surface area contributed by atoms with Gasteiger partial charge in [-0.05, 0) is 24.8 Å². The molecule has 0 radical (unpaired) electrons. The fourth-order valence-corrected chi connectivity index (χ4v) is 1.29. The van der Waals surface area contributed by atoms with E-state index in [4.69, 9.17) is 10.5 Å². The second kappa shape index (κ2) is 7.97. The van der Waals surface area contributed by atoms with Crippen LogP contribution in [0.25, 0.3) is 0 Å². The van der Waals surface area contributed by atoms with Gasteiger partial charge in [0.15, 0.2) is 11.6 Å². The number of hydrogen-bond acceptors (Lipinski definition) is 4. The van der Waals surface area contributed by atoms with Gasteiger partial charge in [0.05, 0.1) is 19.3 Å². The van der Waals surface area contributed by atoms with E-state index in [9.17, 15) is 5.11 Å². The van der Waals surface area contributed by atoms with E-state index in [1.165, 1.54) is 0 Å². The molecule has 1 unspecified atom stereocenters. The summed E-state index contributed by atoms with van der Waals surface area (Å²) in [6, 6.07) is -0.152. The number of ether oxygens (including phenoxy) is 1. The maximum atomic E-state index is 9.30. The SMILES string of the molecule is CC/C=C(OCC)\C(N)=N\NC(CO)C(C)(C)C. The Morgan fingerprint density at radius 3 is 2.44 bits per heavy atom. The Morgan fingerprint density at radius 2 is 2.06 bits per heavy atom. The van der Waals surface area contributed by atoms with Gasteiger partial charge in [-0.15, -0.1) is 0 Å². The lowest BCUT2D eigenvalue weighted by molar-refractivity contribution is 0.160. The van der Waals surface area contributed by atoms with Gasteiger partial charge in [0.1, 0.15) is 0 Å². The molecule has 1 atom stereocenters. The van der Waals surface area contributed by atoms with Crippen LogP contribution in [0.5, 0.6) is 0 Å². The summed E-state index contributed by atoms with van der Waals surface area (Å²) in [7, 11) is 0. The largest absolute Gasteiger partial charge is 0.490 e. The third-order valence-corrected chi connectivity index (χ3v) is 2.51. The zero-order valence-electron chi connectivity index (χ0n) is 12.2. The van der Waals surface area contributed by atoms with E-state index < -0.39 is 0 Å². The second-order valence-electron chi connectivity index (χ2n) is 5.14. The molecule has 0 bridgehead atoms. The number of rotatable bonds is 7. The van der Waals surface area contributed by atoms with Crippen molar-refractivity contribution in [3.05, 3.63) is 11.8 Å². The van der Waals surface area contributed by atoms with Crippen molar-refractivity contribution in [3.63, 3.8) is 0 Å². The summed E-state index contributed by atoms with van der Waals surface area (Å²) in [6.07, 6.45) is 2.71. The smallest absolute Gasteiger partial charge is 0.185 e. The number of allylic oxidation sites excluding steroid dienone is 1. The van der Waals surface area contributed by atoms with Gasteiger partial charge < -0.3 is 21.0 Å². The Hall–Kier alpha value is -1.23. The molecule has 0 aromatic carbocycles. The van der Waals surface area contributed by atoms with E-state index >= 15 is 0 Å². The molecule has 0 amide bonds. The molecular formula is C13H27N3O2. The molecule has 0 heterocycles. The number of hydrogen-bond donors (Lipinski definition) is 3. The molecule has 0 rings (SSSR count). The molecule has 0 saturated heterocycles. The lowest BCUT2D eigenvalue weighted by Crippen LogP contribution is -2.41. The van der Waals surface area contributed by atoms with Crippen LogP contribution in [0.3, 0.4) is 0 Å². The van der Waals surface area contributed by atoms with Gasteiger partial charge in [-0.25, -0.2) is 0 Å². The number of nitrogens with zero attached hydrogens (tertiary/aromatic N) is 1. The maximum Gasteiger partial charge on any atom is 0.185 e. The molecule has 4 N–H and O–H groups in total. The number of amidine groups is 1. The Bertz CT molecular complexity index is 293. The van der Waals surface area contributed by atoms with Crippen LogP contribution in [0.1, 0.15) is 41.0 Å². The highest BCUT2D eigenvalue weighted by Gasteiger charge is 2.23. The molecule has 0 aliphatic rings. The number of nitrogens with two attached hydrogens (primary N) is 1. The minimum absolute atomic E-state index is 0.00173. The minimum Gasteiger partial charge on any atom is -0.490 e. The highest BCUT2D eigenvalue weighted by molar-refractivity contribution is 5.94. The van der Waals surface area contributed by atoms with Crippen LogP contribution in [0.2, 0.25) is 0 Å². The summed E-state index contributed by atoms with van der Waals surface area (Å²) in [5.74, 6) is 0.888. The van der Waals surface area contributed by atoms with Crippen molar-refractivity contribution in [1.29, 1.82) is 0 Å². The van der Waals surface area contributed by atoms with Crippen molar-refractivity contribution in [1.82, 2.24) is 5.43 Å². The van der Waals surface area contributed by atoms with Crippen LogP contribution >= 0.6 is 0 Å². The monoisotopic (exact) mass is 257 g/mol. The van der Waals surface area contributed by atoms with Gasteiger partial charge in [0.25, 0.3) is 0 Å². The number of aliphatic hydroxyl groups is 1. The summed E-state index contributed by atoms with van der Waals surface area (Å²) in [5.41, 5.74) is 8.65. The van der Waals surface area contributed by atoms with Gasteiger partial charge >= 0.3 is 0 Å². The van der Waals surface area contributed by atoms with Crippen LogP contribution in [-0.2, 0) is 4.74 Å². The first kappa shape index (κ1) is 16.8. The van der Waals surface area contributed by atoms with Gasteiger partial charge in [-0.1, -0.05) is 27.7 Å². The molecule has 106 valence electrons. The quantitative estimate of drug-likeness (QED) is 0.280. The normalized spacial score (nSPS) is 15.4. The van der Waals surface area contributed by atoms with Gasteiger partial charge in [-0.2, -0.15) is 5.10 Å². The van der Waals surface area contributed by atoms with Crippen LogP contribution in [-0.4, -0.2) is 30.2 Å². The van der Waals surface area contributed by atoms with Crippen molar-refractivity contribution >= 4 is 5.84 Å². The number of nitrogens with one attached hydrogen (secondary N) is 1. The first-order valence-electron chi connectivity index (χ1n) is 6.39. The van der Waals surface area contributed by atoms with Crippen molar-refractivity contribution in [2.24, 2.45) is 16.3 Å². The van der Waals surface area contributed by atoms with E-state index in [2.05, 4.69) is 10.5 Å². The molecular weight excluding hydrogens is 230 g/mol. The van der Waals surface area contributed by atoms with E-state index in [0.717, 1.165) is 6.42 Å². The highest BCUT2D eigenvalue weighted by atomic mass is 16.5. The Balaban J connectivity index is 4.70. The predicted molar refractivity (Wildman–Crippen MR) is 75.1 cm³/mol. The van der Waals surface area contributed by atoms with Crippen LogP contribution < -0.4 is 11.2 Å². The third kappa shape index (κ3) is 5.91. The zero-order chi connectivity index (χ0) is 14.2. The summed E-state index contributed by atoms with van der Waals surface area (Å²) in [6.45, 7) is 10.5. The van der Waals surface area contributed by atoms with Crippen molar-refractivity contribution in [2.45, 2.75) is 47.1 Å². The molecule has 0 aliphatic carbocycles. The molecule has 5 heteroatoms. The highest BCUT2D eigenvalue weighted by Crippen LogP contribution is 2.18. The van der Waals surface area contributed by atoms with Crippen LogP contribution in [0.15, 0.2) is 16.9 Å². The topological polar surface area (TPSA) is 79.9 Å².